The Hall–Kier alpha value is -3.00. The van der Waals surface area contributed by atoms with E-state index in [4.69, 9.17) is 19.5 Å². The first-order valence-electron chi connectivity index (χ1n) is 7.28. The second-order valence-electron chi connectivity index (χ2n) is 4.69. The summed E-state index contributed by atoms with van der Waals surface area (Å²) in [4.78, 5) is 11.8. The van der Waals surface area contributed by atoms with Crippen LogP contribution in [0.25, 0.3) is 0 Å². The number of hydrogen-bond acceptors (Lipinski definition) is 5. The number of carbonyl (C=O) groups is 1. The number of benzene rings is 2. The number of carbonyl (C=O) groups excluding carboxylic acids is 1. The number of rotatable bonds is 7. The standard InChI is InChI=1S/C18H17NO4/c1-2-11-21-15-7-9-16(10-8-15)23-18(20)13-22-17-6-4-3-5-14(17)12-19/h3-10H,2,11,13H2,1H3. The molecule has 0 spiro atoms. The predicted molar refractivity (Wildman–Crippen MR) is 84.5 cm³/mol. The van der Waals surface area contributed by atoms with Gasteiger partial charge in [-0.2, -0.15) is 5.26 Å². The van der Waals surface area contributed by atoms with Crippen molar-refractivity contribution in [3.63, 3.8) is 0 Å². The van der Waals surface area contributed by atoms with Gasteiger partial charge in [-0.25, -0.2) is 4.79 Å². The van der Waals surface area contributed by atoms with E-state index in [1.165, 1.54) is 0 Å². The maximum Gasteiger partial charge on any atom is 0.349 e. The molecule has 0 amide bonds. The summed E-state index contributed by atoms with van der Waals surface area (Å²) in [5, 5.41) is 8.95. The minimum absolute atomic E-state index is 0.271. The van der Waals surface area contributed by atoms with E-state index in [1.807, 2.05) is 13.0 Å². The Balaban J connectivity index is 1.86. The van der Waals surface area contributed by atoms with Crippen LogP contribution < -0.4 is 14.2 Å². The minimum Gasteiger partial charge on any atom is -0.494 e. The number of hydrogen-bond donors (Lipinski definition) is 0. The van der Waals surface area contributed by atoms with Gasteiger partial charge in [-0.15, -0.1) is 0 Å². The van der Waals surface area contributed by atoms with Crippen LogP contribution >= 0.6 is 0 Å². The molecule has 0 aromatic heterocycles. The van der Waals surface area contributed by atoms with Crippen molar-refractivity contribution in [1.29, 1.82) is 5.26 Å². The molecule has 0 N–H and O–H groups in total. The smallest absolute Gasteiger partial charge is 0.349 e. The highest BCUT2D eigenvalue weighted by Gasteiger charge is 2.08. The fourth-order valence-corrected chi connectivity index (χ4v) is 1.81. The Morgan fingerprint density at radius 3 is 2.43 bits per heavy atom. The van der Waals surface area contributed by atoms with Gasteiger partial charge in [-0.1, -0.05) is 19.1 Å². The average Bonchev–Trinajstić information content (AvgIpc) is 2.59. The van der Waals surface area contributed by atoms with E-state index < -0.39 is 5.97 Å². The van der Waals surface area contributed by atoms with Gasteiger partial charge in [0.05, 0.1) is 12.2 Å². The third-order valence-corrected chi connectivity index (χ3v) is 2.88. The zero-order valence-corrected chi connectivity index (χ0v) is 12.8. The second kappa shape index (κ2) is 8.44. The first kappa shape index (κ1) is 16.4. The van der Waals surface area contributed by atoms with Crippen LogP contribution in [0.15, 0.2) is 48.5 Å². The lowest BCUT2D eigenvalue weighted by Crippen LogP contribution is -2.18. The lowest BCUT2D eigenvalue weighted by Gasteiger charge is -2.08. The van der Waals surface area contributed by atoms with Gasteiger partial charge in [0.25, 0.3) is 0 Å². The average molecular weight is 311 g/mol. The summed E-state index contributed by atoms with van der Waals surface area (Å²) in [5.41, 5.74) is 0.373. The molecule has 2 aromatic rings. The van der Waals surface area contributed by atoms with Crippen LogP contribution in [-0.4, -0.2) is 19.2 Å². The van der Waals surface area contributed by atoms with Crippen molar-refractivity contribution < 1.29 is 19.0 Å². The molecule has 0 radical (unpaired) electrons. The first-order chi connectivity index (χ1) is 11.2. The van der Waals surface area contributed by atoms with Gasteiger partial charge >= 0.3 is 5.97 Å². The van der Waals surface area contributed by atoms with Gasteiger partial charge in [0.1, 0.15) is 23.3 Å². The zero-order valence-electron chi connectivity index (χ0n) is 12.8. The Labute approximate surface area is 135 Å². The van der Waals surface area contributed by atoms with E-state index in [2.05, 4.69) is 0 Å². The van der Waals surface area contributed by atoms with Crippen molar-refractivity contribution in [3.05, 3.63) is 54.1 Å². The van der Waals surface area contributed by atoms with Gasteiger partial charge in [-0.3, -0.25) is 0 Å². The number of ether oxygens (including phenoxy) is 3. The largest absolute Gasteiger partial charge is 0.494 e. The number of nitrogens with zero attached hydrogens (tertiary/aromatic N) is 1. The number of esters is 1. The normalized spacial score (nSPS) is 9.74. The van der Waals surface area contributed by atoms with Crippen LogP contribution in [0.2, 0.25) is 0 Å². The quantitative estimate of drug-likeness (QED) is 0.579. The molecule has 23 heavy (non-hydrogen) atoms. The van der Waals surface area contributed by atoms with Crippen LogP contribution in [0.3, 0.4) is 0 Å². The van der Waals surface area contributed by atoms with Gasteiger partial charge in [0.2, 0.25) is 0 Å². The van der Waals surface area contributed by atoms with Crippen LogP contribution in [-0.2, 0) is 4.79 Å². The molecule has 2 aromatic carbocycles. The van der Waals surface area contributed by atoms with E-state index in [-0.39, 0.29) is 6.61 Å². The molecular weight excluding hydrogens is 294 g/mol. The molecular formula is C18H17NO4. The molecule has 5 heteroatoms. The highest BCUT2D eigenvalue weighted by atomic mass is 16.6. The highest BCUT2D eigenvalue weighted by molar-refractivity contribution is 5.74. The number of para-hydroxylation sites is 1. The summed E-state index contributed by atoms with van der Waals surface area (Å²) in [5.74, 6) is 0.956. The van der Waals surface area contributed by atoms with E-state index in [9.17, 15) is 4.79 Å². The summed E-state index contributed by atoms with van der Waals surface area (Å²) in [7, 11) is 0. The summed E-state index contributed by atoms with van der Waals surface area (Å²) < 4.78 is 15.9. The fraction of sp³-hybridized carbons (Fsp3) is 0.222. The Bertz CT molecular complexity index is 689. The van der Waals surface area contributed by atoms with Gasteiger partial charge < -0.3 is 14.2 Å². The van der Waals surface area contributed by atoms with E-state index in [1.54, 1.807) is 48.5 Å². The molecule has 2 rings (SSSR count). The van der Waals surface area contributed by atoms with Crippen molar-refractivity contribution in [2.75, 3.05) is 13.2 Å². The number of nitriles is 1. The Kier molecular flexibility index (Phi) is 6.01. The molecule has 0 unspecified atom stereocenters. The molecule has 0 bridgehead atoms. The van der Waals surface area contributed by atoms with Crippen LogP contribution in [0, 0.1) is 11.3 Å². The monoisotopic (exact) mass is 311 g/mol. The van der Waals surface area contributed by atoms with Crippen LogP contribution in [0.5, 0.6) is 17.2 Å². The predicted octanol–water partition coefficient (Wildman–Crippen LogP) is 3.33. The van der Waals surface area contributed by atoms with Crippen molar-refractivity contribution in [3.8, 4) is 23.3 Å². The maximum absolute atomic E-state index is 11.8. The van der Waals surface area contributed by atoms with Crippen LogP contribution in [0.1, 0.15) is 18.9 Å². The summed E-state index contributed by atoms with van der Waals surface area (Å²) in [6.07, 6.45) is 0.929. The molecule has 0 aliphatic rings. The summed E-state index contributed by atoms with van der Waals surface area (Å²) >= 11 is 0. The molecule has 118 valence electrons. The molecule has 0 atom stereocenters. The van der Waals surface area contributed by atoms with E-state index >= 15 is 0 Å². The molecule has 0 heterocycles. The van der Waals surface area contributed by atoms with Gasteiger partial charge in [-0.05, 0) is 42.8 Å². The molecule has 0 saturated heterocycles. The Morgan fingerprint density at radius 1 is 1.04 bits per heavy atom. The van der Waals surface area contributed by atoms with Crippen molar-refractivity contribution in [2.24, 2.45) is 0 Å². The summed E-state index contributed by atoms with van der Waals surface area (Å²) in [6, 6.07) is 15.5. The minimum atomic E-state index is -0.542. The SMILES string of the molecule is CCCOc1ccc(OC(=O)COc2ccccc2C#N)cc1. The third-order valence-electron chi connectivity index (χ3n) is 2.88. The first-order valence-corrected chi connectivity index (χ1v) is 7.28. The fourth-order valence-electron chi connectivity index (χ4n) is 1.81. The van der Waals surface area contributed by atoms with Gasteiger partial charge in [0.15, 0.2) is 6.61 Å². The third kappa shape index (κ3) is 5.04. The van der Waals surface area contributed by atoms with Crippen LogP contribution in [0.4, 0.5) is 0 Å². The Morgan fingerprint density at radius 2 is 1.74 bits per heavy atom. The molecule has 0 fully saturated rings. The van der Waals surface area contributed by atoms with Crippen molar-refractivity contribution >= 4 is 5.97 Å². The van der Waals surface area contributed by atoms with Crippen molar-refractivity contribution in [2.45, 2.75) is 13.3 Å². The molecule has 0 aliphatic heterocycles. The van der Waals surface area contributed by atoms with Crippen molar-refractivity contribution in [1.82, 2.24) is 0 Å². The van der Waals surface area contributed by atoms with E-state index in [0.29, 0.717) is 23.7 Å². The maximum atomic E-state index is 11.8. The molecule has 0 aliphatic carbocycles. The lowest BCUT2D eigenvalue weighted by atomic mass is 10.2. The topological polar surface area (TPSA) is 68.6 Å². The van der Waals surface area contributed by atoms with E-state index in [0.717, 1.165) is 12.2 Å². The lowest BCUT2D eigenvalue weighted by molar-refractivity contribution is -0.136. The second-order valence-corrected chi connectivity index (χ2v) is 4.69. The highest BCUT2D eigenvalue weighted by Crippen LogP contribution is 2.19. The molecule has 0 saturated carbocycles. The van der Waals surface area contributed by atoms with Gasteiger partial charge in [0, 0.05) is 0 Å². The zero-order chi connectivity index (χ0) is 16.5. The molecule has 5 nitrogen and oxygen atoms in total. The summed E-state index contributed by atoms with van der Waals surface area (Å²) in [6.45, 7) is 2.40.